The molecule has 0 saturated heterocycles. The number of carbonyl (C=O) groups excluding carboxylic acids is 1. The molecule has 6 heteroatoms. The molecule has 218 valence electrons. The monoisotopic (exact) mass is 563 g/mol. The summed E-state index contributed by atoms with van der Waals surface area (Å²) in [6.45, 7) is 14.7. The minimum atomic E-state index is -0.0785. The van der Waals surface area contributed by atoms with Gasteiger partial charge in [-0.15, -0.1) is 0 Å². The second-order valence-electron chi connectivity index (χ2n) is 10.7. The van der Waals surface area contributed by atoms with Gasteiger partial charge in [-0.2, -0.15) is 0 Å². The number of hydrogen-bond acceptors (Lipinski definition) is 4. The van der Waals surface area contributed by atoms with E-state index in [4.69, 9.17) is 14.2 Å². The molecule has 0 bridgehead atoms. The van der Waals surface area contributed by atoms with E-state index >= 15 is 0 Å². The molecule has 40 heavy (non-hydrogen) atoms. The smallest absolute Gasteiger partial charge is 0.493 e. The molecule has 2 aromatic carbocycles. The quantitative estimate of drug-likeness (QED) is 0.0971. The molecule has 2 rings (SSSR count). The molecule has 0 saturated carbocycles. The van der Waals surface area contributed by atoms with E-state index in [1.54, 1.807) is 0 Å². The maximum Gasteiger partial charge on any atom is 1.00 e. The molecule has 0 aliphatic carbocycles. The Morgan fingerprint density at radius 3 is 1.48 bits per heavy atom. The standard InChI is InChI=1S/C34H53O4P.Li/c1-7-10-13-16-19-36-29-24-30(37-20-17-14-11-8-2)33(31(25-29)38-21-18-15-12-9-3)39-34(35)32-27(5)22-26(4)23-28(32)6;/h22-25,39H,7-21H2,1-6H3;/q;+1. The van der Waals surface area contributed by atoms with Crippen LogP contribution in [0.4, 0.5) is 0 Å². The van der Waals surface area contributed by atoms with Gasteiger partial charge in [-0.3, -0.25) is 4.79 Å². The first kappa shape index (κ1) is 36.6. The molecule has 0 heterocycles. The zero-order valence-corrected chi connectivity index (χ0v) is 27.5. The molecule has 0 N–H and O–H groups in total. The summed E-state index contributed by atoms with van der Waals surface area (Å²) < 4.78 is 18.9. The van der Waals surface area contributed by atoms with E-state index in [2.05, 4.69) is 39.8 Å². The molecule has 0 aliphatic heterocycles. The predicted molar refractivity (Wildman–Crippen MR) is 168 cm³/mol. The van der Waals surface area contributed by atoms with Gasteiger partial charge in [-0.1, -0.05) is 96.3 Å². The Labute approximate surface area is 258 Å². The van der Waals surface area contributed by atoms with Crippen molar-refractivity contribution in [3.05, 3.63) is 46.5 Å². The maximum absolute atomic E-state index is 13.7. The number of rotatable bonds is 21. The molecule has 0 aromatic heterocycles. The van der Waals surface area contributed by atoms with Crippen LogP contribution in [0.25, 0.3) is 0 Å². The van der Waals surface area contributed by atoms with Gasteiger partial charge in [0.25, 0.3) is 0 Å². The molecular weight excluding hydrogens is 510 g/mol. The van der Waals surface area contributed by atoms with Gasteiger partial charge in [0, 0.05) is 17.7 Å². The Balaban J connectivity index is 0.00000800. The summed E-state index contributed by atoms with van der Waals surface area (Å²) in [6, 6.07) is 8.15. The fraction of sp³-hybridized carbons (Fsp3) is 0.618. The van der Waals surface area contributed by atoms with Gasteiger partial charge in [0.15, 0.2) is 5.52 Å². The second kappa shape index (κ2) is 21.3. The molecule has 0 amide bonds. The minimum Gasteiger partial charge on any atom is -0.493 e. The van der Waals surface area contributed by atoms with Gasteiger partial charge < -0.3 is 14.2 Å². The van der Waals surface area contributed by atoms with E-state index in [9.17, 15) is 4.79 Å². The third kappa shape index (κ3) is 13.0. The van der Waals surface area contributed by atoms with Crippen molar-refractivity contribution < 1.29 is 37.9 Å². The van der Waals surface area contributed by atoms with E-state index < -0.39 is 0 Å². The summed E-state index contributed by atoms with van der Waals surface area (Å²) in [6.07, 6.45) is 13.7. The average Bonchev–Trinajstić information content (AvgIpc) is 2.89. The fourth-order valence-electron chi connectivity index (χ4n) is 4.86. The average molecular weight is 564 g/mol. The first-order valence-corrected chi connectivity index (χ1v) is 16.4. The Morgan fingerprint density at radius 2 is 1.05 bits per heavy atom. The van der Waals surface area contributed by atoms with E-state index in [-0.39, 0.29) is 33.0 Å². The van der Waals surface area contributed by atoms with Crippen LogP contribution in [0, 0.1) is 20.8 Å². The molecule has 2 aromatic rings. The Kier molecular flexibility index (Phi) is 19.4. The third-order valence-electron chi connectivity index (χ3n) is 6.96. The third-order valence-corrected chi connectivity index (χ3v) is 8.18. The Hall–Kier alpha value is -1.46. The van der Waals surface area contributed by atoms with Gasteiger partial charge in [-0.05, 0) is 59.7 Å². The summed E-state index contributed by atoms with van der Waals surface area (Å²) in [7, 11) is -0.0785. The zero-order valence-electron chi connectivity index (χ0n) is 26.5. The van der Waals surface area contributed by atoms with Crippen LogP contribution in [0.15, 0.2) is 24.3 Å². The number of unbranched alkanes of at least 4 members (excludes halogenated alkanes) is 9. The number of carbonyl (C=O) groups is 1. The van der Waals surface area contributed by atoms with Crippen molar-refractivity contribution in [1.82, 2.24) is 0 Å². The SMILES string of the molecule is CCCCCCOc1cc(OCCCCCC)c(PC(=O)c2c(C)cc(C)cc2C)c(OCCCCCC)c1.[Li+]. The Bertz CT molecular complexity index is 949. The number of ether oxygens (including phenoxy) is 3. The topological polar surface area (TPSA) is 44.8 Å². The molecular formula is C34H53LiO4P+. The fourth-order valence-corrected chi connectivity index (χ4v) is 6.14. The van der Waals surface area contributed by atoms with Crippen LogP contribution in [0.1, 0.15) is 125 Å². The Morgan fingerprint density at radius 1 is 0.625 bits per heavy atom. The van der Waals surface area contributed by atoms with Crippen molar-refractivity contribution in [2.75, 3.05) is 19.8 Å². The number of hydrogen-bond donors (Lipinski definition) is 0. The van der Waals surface area contributed by atoms with Crippen molar-refractivity contribution in [2.24, 2.45) is 0 Å². The molecule has 1 atom stereocenters. The van der Waals surface area contributed by atoms with Crippen LogP contribution in [-0.4, -0.2) is 25.3 Å². The summed E-state index contributed by atoms with van der Waals surface area (Å²) in [5.74, 6) is 2.23. The minimum absolute atomic E-state index is 0. The predicted octanol–water partition coefficient (Wildman–Crippen LogP) is 6.64. The van der Waals surface area contributed by atoms with Crippen LogP contribution in [0.5, 0.6) is 17.2 Å². The van der Waals surface area contributed by atoms with Crippen LogP contribution in [0.2, 0.25) is 0 Å². The van der Waals surface area contributed by atoms with Crippen LogP contribution in [0.3, 0.4) is 0 Å². The van der Waals surface area contributed by atoms with Crippen molar-refractivity contribution >= 4 is 19.4 Å². The molecule has 0 aliphatic rings. The van der Waals surface area contributed by atoms with Gasteiger partial charge >= 0.3 is 18.9 Å². The largest absolute Gasteiger partial charge is 1.00 e. The molecule has 1 unspecified atom stereocenters. The normalized spacial score (nSPS) is 11.1. The second-order valence-corrected chi connectivity index (χ2v) is 12.0. The number of benzene rings is 2. The van der Waals surface area contributed by atoms with Gasteiger partial charge in [-0.25, -0.2) is 0 Å². The van der Waals surface area contributed by atoms with Crippen LogP contribution in [-0.2, 0) is 0 Å². The van der Waals surface area contributed by atoms with E-state index in [1.807, 2.05) is 26.0 Å². The van der Waals surface area contributed by atoms with Crippen molar-refractivity contribution in [1.29, 1.82) is 0 Å². The summed E-state index contributed by atoms with van der Waals surface area (Å²) >= 11 is 0. The zero-order chi connectivity index (χ0) is 28.5. The van der Waals surface area contributed by atoms with E-state index in [1.165, 1.54) is 50.5 Å². The van der Waals surface area contributed by atoms with Gasteiger partial charge in [0.2, 0.25) is 0 Å². The van der Waals surface area contributed by atoms with Crippen molar-refractivity contribution in [3.8, 4) is 17.2 Å². The maximum atomic E-state index is 13.7. The summed E-state index contributed by atoms with van der Waals surface area (Å²) in [5.41, 5.74) is 4.18. The molecule has 0 spiro atoms. The van der Waals surface area contributed by atoms with Gasteiger partial charge in [0.1, 0.15) is 17.2 Å². The first-order valence-electron chi connectivity index (χ1n) is 15.4. The van der Waals surface area contributed by atoms with Crippen LogP contribution >= 0.6 is 8.58 Å². The summed E-state index contributed by atoms with van der Waals surface area (Å²) in [4.78, 5) is 13.7. The molecule has 4 nitrogen and oxygen atoms in total. The van der Waals surface area contributed by atoms with Crippen molar-refractivity contribution in [3.63, 3.8) is 0 Å². The van der Waals surface area contributed by atoms with Crippen molar-refractivity contribution in [2.45, 2.75) is 119 Å². The summed E-state index contributed by atoms with van der Waals surface area (Å²) in [5, 5.41) is 0.865. The molecule has 0 fully saturated rings. The van der Waals surface area contributed by atoms with E-state index in [0.717, 1.165) is 71.3 Å². The molecule has 0 radical (unpaired) electrons. The van der Waals surface area contributed by atoms with Crippen LogP contribution < -0.4 is 38.4 Å². The first-order chi connectivity index (χ1) is 18.9. The van der Waals surface area contributed by atoms with E-state index in [0.29, 0.717) is 19.8 Å². The number of aryl methyl sites for hydroxylation is 3. The van der Waals surface area contributed by atoms with Gasteiger partial charge in [0.05, 0.1) is 25.1 Å².